The molecule has 2 aromatic rings. The number of fused-ring (bicyclic) bond motifs is 1. The fourth-order valence-corrected chi connectivity index (χ4v) is 3.92. The molecule has 0 bridgehead atoms. The molecule has 1 aromatic heterocycles. The van der Waals surface area contributed by atoms with Gasteiger partial charge in [-0.1, -0.05) is 13.0 Å². The maximum Gasteiger partial charge on any atom is 0.268 e. The number of hydrogen-bond acceptors (Lipinski definition) is 5. The first-order valence-electron chi connectivity index (χ1n) is 10.2. The Balaban J connectivity index is 1.64. The fourth-order valence-electron chi connectivity index (χ4n) is 3.92. The van der Waals surface area contributed by atoms with E-state index < -0.39 is 12.2 Å². The molecule has 1 N–H and O–H groups in total. The zero-order valence-corrected chi connectivity index (χ0v) is 16.5. The lowest BCUT2D eigenvalue weighted by Gasteiger charge is -2.36. The average Bonchev–Trinajstić information content (AvgIpc) is 3.30. The topological polar surface area (TPSA) is 83.2 Å². The minimum absolute atomic E-state index is 0.0218. The van der Waals surface area contributed by atoms with Crippen molar-refractivity contribution in [3.05, 3.63) is 47.9 Å². The third kappa shape index (κ3) is 3.87. The minimum Gasteiger partial charge on any atom is -0.478 e. The fraction of sp³-hybridized carbons (Fsp3) is 0.455. The van der Waals surface area contributed by atoms with Gasteiger partial charge >= 0.3 is 0 Å². The Bertz CT molecular complexity index is 873. The zero-order valence-electron chi connectivity index (χ0n) is 16.5. The molecule has 0 radical (unpaired) electrons. The van der Waals surface area contributed by atoms with E-state index >= 15 is 0 Å². The molecule has 154 valence electrons. The average molecular weight is 398 g/mol. The molecule has 29 heavy (non-hydrogen) atoms. The molecular weight excluding hydrogens is 372 g/mol. The first-order valence-corrected chi connectivity index (χ1v) is 10.2. The summed E-state index contributed by atoms with van der Waals surface area (Å²) in [5.41, 5.74) is 1.08. The van der Waals surface area contributed by atoms with Crippen molar-refractivity contribution in [3.8, 4) is 5.75 Å². The highest BCUT2D eigenvalue weighted by molar-refractivity contribution is 6.04. The van der Waals surface area contributed by atoms with Gasteiger partial charge in [0.25, 0.3) is 5.91 Å². The van der Waals surface area contributed by atoms with Crippen molar-refractivity contribution in [3.63, 3.8) is 0 Å². The third-order valence-electron chi connectivity index (χ3n) is 5.59. The summed E-state index contributed by atoms with van der Waals surface area (Å²) in [6, 6.07) is 8.59. The Morgan fingerprint density at radius 1 is 1.24 bits per heavy atom. The van der Waals surface area contributed by atoms with Gasteiger partial charge in [0, 0.05) is 13.1 Å². The van der Waals surface area contributed by atoms with Gasteiger partial charge in [-0.2, -0.15) is 0 Å². The monoisotopic (exact) mass is 398 g/mol. The van der Waals surface area contributed by atoms with E-state index in [0.29, 0.717) is 29.2 Å². The molecule has 2 aliphatic heterocycles. The molecule has 0 spiro atoms. The predicted octanol–water partition coefficient (Wildman–Crippen LogP) is 2.88. The Kier molecular flexibility index (Phi) is 5.58. The number of rotatable bonds is 5. The van der Waals surface area contributed by atoms with Crippen LogP contribution >= 0.6 is 0 Å². The molecule has 2 atom stereocenters. The molecular formula is C22H26N2O5. The highest BCUT2D eigenvalue weighted by Gasteiger charge is 2.36. The van der Waals surface area contributed by atoms with Gasteiger partial charge in [-0.25, -0.2) is 0 Å². The molecule has 1 fully saturated rings. The van der Waals surface area contributed by atoms with Crippen molar-refractivity contribution >= 4 is 17.5 Å². The van der Waals surface area contributed by atoms with Gasteiger partial charge in [-0.15, -0.1) is 0 Å². The second-order valence-electron chi connectivity index (χ2n) is 7.53. The van der Waals surface area contributed by atoms with E-state index in [1.54, 1.807) is 30.3 Å². The molecule has 3 heterocycles. The molecule has 4 rings (SSSR count). The molecule has 7 nitrogen and oxygen atoms in total. The van der Waals surface area contributed by atoms with Gasteiger partial charge in [0.2, 0.25) is 5.91 Å². The van der Waals surface area contributed by atoms with Crippen LogP contribution < -0.4 is 9.64 Å². The van der Waals surface area contributed by atoms with E-state index in [1.807, 2.05) is 11.8 Å². The number of furan rings is 1. The third-order valence-corrected chi connectivity index (χ3v) is 5.59. The molecule has 2 amide bonds. The second kappa shape index (κ2) is 8.29. The summed E-state index contributed by atoms with van der Waals surface area (Å²) >= 11 is 0. The van der Waals surface area contributed by atoms with Crippen LogP contribution in [0.1, 0.15) is 50.0 Å². The number of aliphatic hydroxyl groups excluding tert-OH is 1. The normalized spacial score (nSPS) is 20.2. The molecule has 1 aromatic carbocycles. The van der Waals surface area contributed by atoms with Crippen LogP contribution in [0, 0.1) is 0 Å². The van der Waals surface area contributed by atoms with E-state index in [4.69, 9.17) is 9.15 Å². The van der Waals surface area contributed by atoms with Crippen molar-refractivity contribution in [1.29, 1.82) is 0 Å². The van der Waals surface area contributed by atoms with E-state index in [0.717, 1.165) is 32.4 Å². The standard InChI is InChI=1S/C22H26N2O5/c1-2-17-22(27)24(14-20(25)23-10-4-3-5-11-23)16-13-15(8-9-18(16)29-17)21(26)19-7-6-12-28-19/h6-9,12-13,17,21,26H,2-5,10-11,14H2,1H3. The van der Waals surface area contributed by atoms with Crippen LogP contribution in [-0.2, 0) is 9.59 Å². The summed E-state index contributed by atoms with van der Waals surface area (Å²) in [5.74, 6) is 0.668. The van der Waals surface area contributed by atoms with E-state index in [9.17, 15) is 14.7 Å². The summed E-state index contributed by atoms with van der Waals surface area (Å²) < 4.78 is 11.2. The number of ether oxygens (including phenoxy) is 1. The molecule has 0 aliphatic carbocycles. The number of aliphatic hydroxyl groups is 1. The van der Waals surface area contributed by atoms with Gasteiger partial charge in [0.05, 0.1) is 12.0 Å². The Morgan fingerprint density at radius 3 is 2.72 bits per heavy atom. The lowest BCUT2D eigenvalue weighted by molar-refractivity contribution is -0.134. The van der Waals surface area contributed by atoms with Crippen molar-refractivity contribution in [1.82, 2.24) is 4.90 Å². The van der Waals surface area contributed by atoms with E-state index in [-0.39, 0.29) is 18.4 Å². The summed E-state index contributed by atoms with van der Waals surface area (Å²) in [7, 11) is 0. The minimum atomic E-state index is -0.964. The second-order valence-corrected chi connectivity index (χ2v) is 7.53. The Labute approximate surface area is 169 Å². The number of hydrogen-bond donors (Lipinski definition) is 1. The Hall–Kier alpha value is -2.80. The first-order chi connectivity index (χ1) is 14.1. The number of anilines is 1. The van der Waals surface area contributed by atoms with Gasteiger partial charge in [-0.05, 0) is 55.5 Å². The van der Waals surface area contributed by atoms with Gasteiger partial charge in [0.15, 0.2) is 6.10 Å². The molecule has 2 unspecified atom stereocenters. The number of carbonyl (C=O) groups is 2. The lowest BCUT2D eigenvalue weighted by Crippen LogP contribution is -2.51. The highest BCUT2D eigenvalue weighted by atomic mass is 16.5. The highest BCUT2D eigenvalue weighted by Crippen LogP contribution is 2.38. The number of carbonyl (C=O) groups excluding carboxylic acids is 2. The summed E-state index contributed by atoms with van der Waals surface area (Å²) in [5, 5.41) is 10.6. The van der Waals surface area contributed by atoms with Crippen LogP contribution in [0.5, 0.6) is 5.75 Å². The van der Waals surface area contributed by atoms with Crippen molar-refractivity contribution in [2.45, 2.75) is 44.8 Å². The molecule has 0 saturated carbocycles. The van der Waals surface area contributed by atoms with Crippen LogP contribution in [0.25, 0.3) is 0 Å². The number of likely N-dealkylation sites (tertiary alicyclic amines) is 1. The Morgan fingerprint density at radius 2 is 2.03 bits per heavy atom. The quantitative estimate of drug-likeness (QED) is 0.837. The maximum absolute atomic E-state index is 13.0. The molecule has 1 saturated heterocycles. The SMILES string of the molecule is CCC1Oc2ccc(C(O)c3ccco3)cc2N(CC(=O)N2CCCCC2)C1=O. The van der Waals surface area contributed by atoms with E-state index in [2.05, 4.69) is 0 Å². The smallest absolute Gasteiger partial charge is 0.268 e. The maximum atomic E-state index is 13.0. The van der Waals surface area contributed by atoms with Crippen molar-refractivity contribution in [2.75, 3.05) is 24.5 Å². The van der Waals surface area contributed by atoms with Crippen LogP contribution in [0.15, 0.2) is 41.0 Å². The van der Waals surface area contributed by atoms with Crippen LogP contribution in [0.4, 0.5) is 5.69 Å². The molecule has 7 heteroatoms. The van der Waals surface area contributed by atoms with Crippen molar-refractivity contribution in [2.24, 2.45) is 0 Å². The number of piperidine rings is 1. The summed E-state index contributed by atoms with van der Waals surface area (Å²) in [4.78, 5) is 29.2. The first kappa shape index (κ1) is 19.5. The number of benzene rings is 1. The zero-order chi connectivity index (χ0) is 20.4. The summed E-state index contributed by atoms with van der Waals surface area (Å²) in [6.45, 7) is 3.33. The predicted molar refractivity (Wildman–Crippen MR) is 107 cm³/mol. The van der Waals surface area contributed by atoms with Crippen LogP contribution in [-0.4, -0.2) is 47.6 Å². The van der Waals surface area contributed by atoms with Gasteiger partial charge < -0.3 is 19.2 Å². The van der Waals surface area contributed by atoms with Crippen LogP contribution in [0.2, 0.25) is 0 Å². The van der Waals surface area contributed by atoms with E-state index in [1.165, 1.54) is 11.2 Å². The number of amides is 2. The van der Waals surface area contributed by atoms with Gasteiger partial charge in [0.1, 0.15) is 24.2 Å². The van der Waals surface area contributed by atoms with Crippen molar-refractivity contribution < 1.29 is 23.8 Å². The molecule has 2 aliphatic rings. The van der Waals surface area contributed by atoms with Gasteiger partial charge in [-0.3, -0.25) is 14.5 Å². The lowest BCUT2D eigenvalue weighted by atomic mass is 10.0. The number of nitrogens with zero attached hydrogens (tertiary/aromatic N) is 2. The summed E-state index contributed by atoms with van der Waals surface area (Å²) in [6.07, 6.45) is 3.57. The van der Waals surface area contributed by atoms with Crippen LogP contribution in [0.3, 0.4) is 0 Å². The largest absolute Gasteiger partial charge is 0.478 e.